The molecule has 1 aliphatic heterocycles. The van der Waals surface area contributed by atoms with Gasteiger partial charge in [0.05, 0.1) is 17.7 Å². The van der Waals surface area contributed by atoms with Crippen molar-refractivity contribution in [2.24, 2.45) is 0 Å². The fourth-order valence-corrected chi connectivity index (χ4v) is 2.51. The molecule has 96 valence electrons. The Morgan fingerprint density at radius 2 is 2.39 bits per heavy atom. The van der Waals surface area contributed by atoms with Gasteiger partial charge in [-0.1, -0.05) is 15.9 Å². The van der Waals surface area contributed by atoms with Crippen molar-refractivity contribution in [2.75, 3.05) is 18.5 Å². The third-order valence-electron chi connectivity index (χ3n) is 3.29. The van der Waals surface area contributed by atoms with Crippen LogP contribution in [0.15, 0.2) is 22.7 Å². The smallest absolute Gasteiger partial charge is 0.110 e. The number of ether oxygens (including phenoxy) is 1. The van der Waals surface area contributed by atoms with E-state index >= 15 is 0 Å². The number of aliphatic hydroxyl groups is 1. The van der Waals surface area contributed by atoms with Crippen LogP contribution < -0.4 is 5.32 Å². The Kier molecular flexibility index (Phi) is 3.91. The molecule has 1 aliphatic rings. The van der Waals surface area contributed by atoms with E-state index in [2.05, 4.69) is 27.3 Å². The van der Waals surface area contributed by atoms with Gasteiger partial charge in [-0.2, -0.15) is 5.26 Å². The van der Waals surface area contributed by atoms with Gasteiger partial charge in [0.1, 0.15) is 5.60 Å². The second-order valence-corrected chi connectivity index (χ2v) is 5.48. The van der Waals surface area contributed by atoms with Gasteiger partial charge in [-0.25, -0.2) is 0 Å². The van der Waals surface area contributed by atoms with E-state index < -0.39 is 5.60 Å². The van der Waals surface area contributed by atoms with Crippen molar-refractivity contribution >= 4 is 21.6 Å². The molecular formula is C13H15BrN2O2. The number of hydrogen-bond acceptors (Lipinski definition) is 4. The monoisotopic (exact) mass is 310 g/mol. The molecule has 1 aromatic rings. The minimum Gasteiger partial charge on any atom is -0.385 e. The zero-order chi connectivity index (χ0) is 13.2. The van der Waals surface area contributed by atoms with E-state index in [1.54, 1.807) is 12.1 Å². The number of halogens is 1. The number of nitrogens with zero attached hydrogens (tertiary/aromatic N) is 1. The lowest BCUT2D eigenvalue weighted by atomic mass is 9.96. The van der Waals surface area contributed by atoms with Crippen LogP contribution in [0.5, 0.6) is 0 Å². The summed E-state index contributed by atoms with van der Waals surface area (Å²) in [5.41, 5.74) is 0.554. The summed E-state index contributed by atoms with van der Waals surface area (Å²) in [6.07, 6.45) is 0.452. The summed E-state index contributed by atoms with van der Waals surface area (Å²) in [6, 6.07) is 7.49. The Labute approximate surface area is 115 Å². The fourth-order valence-electron chi connectivity index (χ4n) is 2.01. The molecule has 0 radical (unpaired) electrons. The summed E-state index contributed by atoms with van der Waals surface area (Å²) >= 11 is 3.35. The van der Waals surface area contributed by atoms with E-state index in [9.17, 15) is 5.11 Å². The second kappa shape index (κ2) is 5.27. The normalized spacial score (nSPS) is 26.9. The van der Waals surface area contributed by atoms with Gasteiger partial charge in [0, 0.05) is 29.7 Å². The highest BCUT2D eigenvalue weighted by Crippen LogP contribution is 2.27. The minimum absolute atomic E-state index is 0.174. The zero-order valence-electron chi connectivity index (χ0n) is 10.1. The van der Waals surface area contributed by atoms with Crippen LogP contribution in [-0.2, 0) is 4.74 Å². The summed E-state index contributed by atoms with van der Waals surface area (Å²) in [4.78, 5) is 0. The molecule has 1 heterocycles. The van der Waals surface area contributed by atoms with Crippen molar-refractivity contribution < 1.29 is 9.84 Å². The molecule has 0 aliphatic carbocycles. The maximum absolute atomic E-state index is 10.4. The Bertz CT molecular complexity index is 486. The van der Waals surface area contributed by atoms with Crippen molar-refractivity contribution in [3.63, 3.8) is 0 Å². The van der Waals surface area contributed by atoms with E-state index in [4.69, 9.17) is 10.00 Å². The van der Waals surface area contributed by atoms with E-state index in [0.717, 1.165) is 10.2 Å². The summed E-state index contributed by atoms with van der Waals surface area (Å²) in [6.45, 7) is 2.87. The predicted octanol–water partition coefficient (Wildman–Crippen LogP) is 2.27. The molecule has 1 aromatic carbocycles. The lowest BCUT2D eigenvalue weighted by Crippen LogP contribution is -2.43. The zero-order valence-corrected chi connectivity index (χ0v) is 11.7. The van der Waals surface area contributed by atoms with Crippen LogP contribution in [-0.4, -0.2) is 30.0 Å². The largest absolute Gasteiger partial charge is 0.385 e. The van der Waals surface area contributed by atoms with Crippen molar-refractivity contribution in [3.8, 4) is 6.07 Å². The first-order chi connectivity index (χ1) is 8.53. The van der Waals surface area contributed by atoms with Gasteiger partial charge < -0.3 is 15.2 Å². The number of nitriles is 1. The van der Waals surface area contributed by atoms with Gasteiger partial charge in [-0.3, -0.25) is 0 Å². The topological polar surface area (TPSA) is 65.3 Å². The first-order valence-corrected chi connectivity index (χ1v) is 6.61. The summed E-state index contributed by atoms with van der Waals surface area (Å²) in [5, 5.41) is 22.4. The lowest BCUT2D eigenvalue weighted by Gasteiger charge is -2.26. The van der Waals surface area contributed by atoms with E-state index in [1.165, 1.54) is 0 Å². The quantitative estimate of drug-likeness (QED) is 0.899. The van der Waals surface area contributed by atoms with Gasteiger partial charge in [-0.15, -0.1) is 0 Å². The number of nitrogens with one attached hydrogen (secondary N) is 1. The molecule has 0 aromatic heterocycles. The minimum atomic E-state index is -0.838. The molecule has 5 heteroatoms. The molecule has 2 atom stereocenters. The maximum Gasteiger partial charge on any atom is 0.110 e. The van der Waals surface area contributed by atoms with Crippen LogP contribution in [0.1, 0.15) is 18.9 Å². The molecule has 0 bridgehead atoms. The average molecular weight is 311 g/mol. The van der Waals surface area contributed by atoms with Gasteiger partial charge in [0.2, 0.25) is 0 Å². The molecule has 18 heavy (non-hydrogen) atoms. The molecule has 0 saturated carbocycles. The molecule has 2 unspecified atom stereocenters. The van der Waals surface area contributed by atoms with Crippen molar-refractivity contribution in [3.05, 3.63) is 28.2 Å². The third-order valence-corrected chi connectivity index (χ3v) is 3.74. The molecule has 4 nitrogen and oxygen atoms in total. The van der Waals surface area contributed by atoms with Crippen LogP contribution in [0.25, 0.3) is 0 Å². The van der Waals surface area contributed by atoms with Crippen molar-refractivity contribution in [1.29, 1.82) is 5.26 Å². The molecule has 1 saturated heterocycles. The Balaban J connectivity index is 2.06. The average Bonchev–Trinajstić information content (AvgIpc) is 2.67. The fraction of sp³-hybridized carbons (Fsp3) is 0.462. The summed E-state index contributed by atoms with van der Waals surface area (Å²) < 4.78 is 6.21. The van der Waals surface area contributed by atoms with Gasteiger partial charge >= 0.3 is 0 Å². The first kappa shape index (κ1) is 13.3. The Morgan fingerprint density at radius 3 is 3.00 bits per heavy atom. The number of benzene rings is 1. The Hall–Kier alpha value is -1.09. The second-order valence-electron chi connectivity index (χ2n) is 4.56. The molecule has 0 amide bonds. The molecular weight excluding hydrogens is 296 g/mol. The molecule has 1 fully saturated rings. The number of rotatable bonds is 3. The molecule has 0 spiro atoms. The van der Waals surface area contributed by atoms with E-state index in [1.807, 2.05) is 13.0 Å². The first-order valence-electron chi connectivity index (χ1n) is 5.82. The van der Waals surface area contributed by atoms with Crippen LogP contribution in [0.3, 0.4) is 0 Å². The molecule has 2 rings (SSSR count). The highest BCUT2D eigenvalue weighted by molar-refractivity contribution is 9.10. The van der Waals surface area contributed by atoms with E-state index in [-0.39, 0.29) is 6.10 Å². The summed E-state index contributed by atoms with van der Waals surface area (Å²) in [7, 11) is 0. The lowest BCUT2D eigenvalue weighted by molar-refractivity contribution is -0.0175. The van der Waals surface area contributed by atoms with Crippen molar-refractivity contribution in [2.45, 2.75) is 25.0 Å². The predicted molar refractivity (Wildman–Crippen MR) is 72.3 cm³/mol. The van der Waals surface area contributed by atoms with Crippen LogP contribution in [0, 0.1) is 11.3 Å². The van der Waals surface area contributed by atoms with Crippen LogP contribution in [0.2, 0.25) is 0 Å². The van der Waals surface area contributed by atoms with Crippen LogP contribution in [0.4, 0.5) is 5.69 Å². The highest BCUT2D eigenvalue weighted by Gasteiger charge is 2.39. The van der Waals surface area contributed by atoms with Gasteiger partial charge in [0.15, 0.2) is 0 Å². The number of hydrogen-bond donors (Lipinski definition) is 2. The number of anilines is 1. The van der Waals surface area contributed by atoms with Gasteiger partial charge in [-0.05, 0) is 25.1 Å². The van der Waals surface area contributed by atoms with Gasteiger partial charge in [0.25, 0.3) is 0 Å². The highest BCUT2D eigenvalue weighted by atomic mass is 79.9. The maximum atomic E-state index is 10.4. The van der Waals surface area contributed by atoms with Crippen LogP contribution >= 0.6 is 15.9 Å². The standard InChI is InChI=1S/C13H15BrN2O2/c1-9-13(17,2-3-18-9)8-16-12-5-10(7-15)4-11(14)6-12/h4-6,9,16-17H,2-3,8H2,1H3. The molecule has 2 N–H and O–H groups in total. The Morgan fingerprint density at radius 1 is 1.61 bits per heavy atom. The SMILES string of the molecule is CC1OCCC1(O)CNc1cc(Br)cc(C#N)c1. The van der Waals surface area contributed by atoms with Crippen molar-refractivity contribution in [1.82, 2.24) is 0 Å². The third kappa shape index (κ3) is 2.83. The van der Waals surface area contributed by atoms with E-state index in [0.29, 0.717) is 25.1 Å². The summed E-state index contributed by atoms with van der Waals surface area (Å²) in [5.74, 6) is 0.